The molecule has 0 aromatic heterocycles. The van der Waals surface area contributed by atoms with Gasteiger partial charge in [0.05, 0.1) is 13.1 Å². The SMILES string of the molecule is C=CCN(CC=C)CC(=O)NCC(=O)N1CCCC1. The molecule has 1 fully saturated rings. The summed E-state index contributed by atoms with van der Waals surface area (Å²) in [5, 5.41) is 2.67. The summed E-state index contributed by atoms with van der Waals surface area (Å²) in [6.07, 6.45) is 5.61. The van der Waals surface area contributed by atoms with E-state index in [1.165, 1.54) is 0 Å². The number of hydrogen-bond donors (Lipinski definition) is 1. The first-order chi connectivity index (χ1) is 9.17. The topological polar surface area (TPSA) is 52.7 Å². The van der Waals surface area contributed by atoms with Crippen molar-refractivity contribution < 1.29 is 9.59 Å². The molecule has 0 saturated carbocycles. The van der Waals surface area contributed by atoms with Crippen molar-refractivity contribution in [2.24, 2.45) is 0 Å². The van der Waals surface area contributed by atoms with Crippen molar-refractivity contribution in [1.29, 1.82) is 0 Å². The third-order valence-corrected chi connectivity index (χ3v) is 3.04. The quantitative estimate of drug-likeness (QED) is 0.646. The molecule has 1 saturated heterocycles. The number of amides is 2. The lowest BCUT2D eigenvalue weighted by Gasteiger charge is -2.19. The highest BCUT2D eigenvalue weighted by molar-refractivity contribution is 5.85. The summed E-state index contributed by atoms with van der Waals surface area (Å²) in [7, 11) is 0. The molecule has 0 aliphatic carbocycles. The first-order valence-corrected chi connectivity index (χ1v) is 6.66. The van der Waals surface area contributed by atoms with E-state index < -0.39 is 0 Å². The Labute approximate surface area is 114 Å². The van der Waals surface area contributed by atoms with Crippen molar-refractivity contribution in [3.05, 3.63) is 25.3 Å². The van der Waals surface area contributed by atoms with Gasteiger partial charge in [-0.1, -0.05) is 12.2 Å². The van der Waals surface area contributed by atoms with Crippen molar-refractivity contribution in [3.63, 3.8) is 0 Å². The first-order valence-electron chi connectivity index (χ1n) is 6.66. The molecule has 19 heavy (non-hydrogen) atoms. The van der Waals surface area contributed by atoms with Crippen molar-refractivity contribution in [1.82, 2.24) is 15.1 Å². The van der Waals surface area contributed by atoms with E-state index in [1.54, 1.807) is 17.1 Å². The van der Waals surface area contributed by atoms with Crippen molar-refractivity contribution in [2.45, 2.75) is 12.8 Å². The Morgan fingerprint density at radius 1 is 1.16 bits per heavy atom. The molecule has 0 unspecified atom stereocenters. The molecular weight excluding hydrogens is 242 g/mol. The molecule has 106 valence electrons. The highest BCUT2D eigenvalue weighted by atomic mass is 16.2. The van der Waals surface area contributed by atoms with E-state index in [2.05, 4.69) is 18.5 Å². The summed E-state index contributed by atoms with van der Waals surface area (Å²) in [5.41, 5.74) is 0. The maximum absolute atomic E-state index is 11.8. The second-order valence-electron chi connectivity index (χ2n) is 4.64. The Bertz CT molecular complexity index is 326. The molecular formula is C14H23N3O2. The van der Waals surface area contributed by atoms with E-state index >= 15 is 0 Å². The third-order valence-electron chi connectivity index (χ3n) is 3.04. The van der Waals surface area contributed by atoms with Gasteiger partial charge in [0.1, 0.15) is 0 Å². The molecule has 0 bridgehead atoms. The normalized spacial score (nSPS) is 14.5. The molecule has 1 N–H and O–H groups in total. The molecule has 0 spiro atoms. The Morgan fingerprint density at radius 2 is 1.74 bits per heavy atom. The molecule has 0 aromatic carbocycles. The number of carbonyl (C=O) groups excluding carboxylic acids is 2. The van der Waals surface area contributed by atoms with Gasteiger partial charge in [-0.15, -0.1) is 13.2 Å². The lowest BCUT2D eigenvalue weighted by molar-refractivity contribution is -0.132. The summed E-state index contributed by atoms with van der Waals surface area (Å²) in [5.74, 6) is -0.138. The molecule has 0 atom stereocenters. The van der Waals surface area contributed by atoms with Crippen LogP contribution in [0.15, 0.2) is 25.3 Å². The number of nitrogens with one attached hydrogen (secondary N) is 1. The average molecular weight is 265 g/mol. The van der Waals surface area contributed by atoms with Gasteiger partial charge in [0, 0.05) is 26.2 Å². The van der Waals surface area contributed by atoms with Crippen LogP contribution in [-0.2, 0) is 9.59 Å². The fourth-order valence-electron chi connectivity index (χ4n) is 2.08. The summed E-state index contributed by atoms with van der Waals surface area (Å²) in [4.78, 5) is 27.2. The Balaban J connectivity index is 2.27. The smallest absolute Gasteiger partial charge is 0.241 e. The van der Waals surface area contributed by atoms with E-state index in [0.29, 0.717) is 13.1 Å². The summed E-state index contributed by atoms with van der Waals surface area (Å²) in [6.45, 7) is 10.5. The van der Waals surface area contributed by atoms with Crippen LogP contribution in [-0.4, -0.2) is 60.9 Å². The molecule has 0 radical (unpaired) electrons. The molecule has 0 aromatic rings. The van der Waals surface area contributed by atoms with Gasteiger partial charge < -0.3 is 10.2 Å². The van der Waals surface area contributed by atoms with E-state index in [9.17, 15) is 9.59 Å². The van der Waals surface area contributed by atoms with Crippen LogP contribution in [0.4, 0.5) is 0 Å². The molecule has 1 aliphatic heterocycles. The molecule has 5 heteroatoms. The van der Waals surface area contributed by atoms with Gasteiger partial charge >= 0.3 is 0 Å². The lowest BCUT2D eigenvalue weighted by atomic mass is 10.4. The molecule has 1 heterocycles. The highest BCUT2D eigenvalue weighted by Gasteiger charge is 2.18. The average Bonchev–Trinajstić information content (AvgIpc) is 2.90. The Hall–Kier alpha value is -1.62. The van der Waals surface area contributed by atoms with Crippen LogP contribution in [0.2, 0.25) is 0 Å². The minimum atomic E-state index is -0.142. The van der Waals surface area contributed by atoms with Gasteiger partial charge in [-0.25, -0.2) is 0 Å². The Morgan fingerprint density at radius 3 is 2.26 bits per heavy atom. The maximum Gasteiger partial charge on any atom is 0.241 e. The fraction of sp³-hybridized carbons (Fsp3) is 0.571. The number of hydrogen-bond acceptors (Lipinski definition) is 3. The van der Waals surface area contributed by atoms with Crippen LogP contribution >= 0.6 is 0 Å². The maximum atomic E-state index is 11.8. The van der Waals surface area contributed by atoms with Gasteiger partial charge in [0.25, 0.3) is 0 Å². The number of likely N-dealkylation sites (tertiary alicyclic amines) is 1. The minimum absolute atomic E-state index is 0.00448. The van der Waals surface area contributed by atoms with Gasteiger partial charge in [0.2, 0.25) is 11.8 Å². The zero-order valence-electron chi connectivity index (χ0n) is 11.4. The van der Waals surface area contributed by atoms with E-state index in [4.69, 9.17) is 0 Å². The van der Waals surface area contributed by atoms with Crippen LogP contribution < -0.4 is 5.32 Å². The highest BCUT2D eigenvalue weighted by Crippen LogP contribution is 2.06. The summed E-state index contributed by atoms with van der Waals surface area (Å²) in [6, 6.07) is 0. The second kappa shape index (κ2) is 8.48. The van der Waals surface area contributed by atoms with Crippen molar-refractivity contribution in [3.8, 4) is 0 Å². The monoisotopic (exact) mass is 265 g/mol. The van der Waals surface area contributed by atoms with Crippen LogP contribution in [0.1, 0.15) is 12.8 Å². The van der Waals surface area contributed by atoms with Gasteiger partial charge in [0.15, 0.2) is 0 Å². The van der Waals surface area contributed by atoms with Crippen molar-refractivity contribution >= 4 is 11.8 Å². The largest absolute Gasteiger partial charge is 0.346 e. The first kappa shape index (κ1) is 15.4. The van der Waals surface area contributed by atoms with E-state index in [0.717, 1.165) is 25.9 Å². The number of rotatable bonds is 8. The standard InChI is InChI=1S/C14H23N3O2/c1-3-7-16(8-4-2)12-13(18)15-11-14(19)17-9-5-6-10-17/h3-4H,1-2,5-12H2,(H,15,18). The van der Waals surface area contributed by atoms with Crippen LogP contribution in [0.5, 0.6) is 0 Å². The fourth-order valence-corrected chi connectivity index (χ4v) is 2.08. The lowest BCUT2D eigenvalue weighted by Crippen LogP contribution is -2.43. The zero-order valence-corrected chi connectivity index (χ0v) is 11.4. The van der Waals surface area contributed by atoms with E-state index in [1.807, 2.05) is 4.90 Å². The molecule has 5 nitrogen and oxygen atoms in total. The third kappa shape index (κ3) is 5.70. The second-order valence-corrected chi connectivity index (χ2v) is 4.64. The number of carbonyl (C=O) groups is 2. The Kier molecular flexibility index (Phi) is 6.89. The van der Waals surface area contributed by atoms with Gasteiger partial charge in [-0.2, -0.15) is 0 Å². The predicted octanol–water partition coefficient (Wildman–Crippen LogP) is 0.399. The molecule has 1 rings (SSSR count). The van der Waals surface area contributed by atoms with E-state index in [-0.39, 0.29) is 24.9 Å². The zero-order chi connectivity index (χ0) is 14.1. The predicted molar refractivity (Wildman–Crippen MR) is 75.7 cm³/mol. The molecule has 2 amide bonds. The van der Waals surface area contributed by atoms with Crippen molar-refractivity contribution in [2.75, 3.05) is 39.3 Å². The van der Waals surface area contributed by atoms with Gasteiger partial charge in [-0.05, 0) is 12.8 Å². The number of nitrogens with zero attached hydrogens (tertiary/aromatic N) is 2. The minimum Gasteiger partial charge on any atom is -0.346 e. The van der Waals surface area contributed by atoms with Crippen LogP contribution in [0, 0.1) is 0 Å². The molecule has 1 aliphatic rings. The van der Waals surface area contributed by atoms with Crippen LogP contribution in [0.3, 0.4) is 0 Å². The van der Waals surface area contributed by atoms with Crippen LogP contribution in [0.25, 0.3) is 0 Å². The van der Waals surface area contributed by atoms with Gasteiger partial charge in [-0.3, -0.25) is 14.5 Å². The summed E-state index contributed by atoms with van der Waals surface area (Å²) >= 11 is 0. The summed E-state index contributed by atoms with van der Waals surface area (Å²) < 4.78 is 0.